The van der Waals surface area contributed by atoms with Crippen LogP contribution in [0.2, 0.25) is 0 Å². The summed E-state index contributed by atoms with van der Waals surface area (Å²) >= 11 is 0. The summed E-state index contributed by atoms with van der Waals surface area (Å²) in [5, 5.41) is 6.50. The number of aryl methyl sites for hydroxylation is 1. The number of amides is 1. The van der Waals surface area contributed by atoms with E-state index in [-0.39, 0.29) is 5.91 Å². The van der Waals surface area contributed by atoms with E-state index in [0.717, 1.165) is 22.9 Å². The van der Waals surface area contributed by atoms with Gasteiger partial charge in [-0.15, -0.1) is 0 Å². The van der Waals surface area contributed by atoms with Crippen molar-refractivity contribution in [2.45, 2.75) is 52.5 Å². The van der Waals surface area contributed by atoms with Gasteiger partial charge in [0.15, 0.2) is 0 Å². The van der Waals surface area contributed by atoms with E-state index in [1.165, 1.54) is 25.7 Å². The first-order valence-electron chi connectivity index (χ1n) is 7.21. The van der Waals surface area contributed by atoms with Gasteiger partial charge in [0.05, 0.1) is 0 Å². The minimum Gasteiger partial charge on any atom is -0.382 e. The third kappa shape index (κ3) is 3.72. The molecule has 19 heavy (non-hydrogen) atoms. The molecule has 3 nitrogen and oxygen atoms in total. The van der Waals surface area contributed by atoms with Crippen molar-refractivity contribution >= 4 is 17.3 Å². The number of carbonyl (C=O) groups is 1. The largest absolute Gasteiger partial charge is 0.382 e. The molecular weight excluding hydrogens is 236 g/mol. The second kappa shape index (κ2) is 6.09. The molecule has 1 amide bonds. The number of hydrogen-bond acceptors (Lipinski definition) is 2. The van der Waals surface area contributed by atoms with Crippen LogP contribution >= 0.6 is 0 Å². The van der Waals surface area contributed by atoms with Gasteiger partial charge in [0.2, 0.25) is 5.91 Å². The fourth-order valence-electron chi connectivity index (χ4n) is 2.78. The smallest absolute Gasteiger partial charge is 0.221 e. The van der Waals surface area contributed by atoms with Crippen LogP contribution < -0.4 is 10.6 Å². The van der Waals surface area contributed by atoms with Crippen molar-refractivity contribution in [1.82, 2.24) is 0 Å². The molecule has 2 unspecified atom stereocenters. The highest BCUT2D eigenvalue weighted by atomic mass is 16.1. The average Bonchev–Trinajstić information content (AvgIpc) is 2.35. The molecule has 0 spiro atoms. The summed E-state index contributed by atoms with van der Waals surface area (Å²) in [4.78, 5) is 11.2. The quantitative estimate of drug-likeness (QED) is 0.864. The van der Waals surface area contributed by atoms with Crippen LogP contribution in [0.1, 0.15) is 45.1 Å². The molecule has 104 valence electrons. The molecule has 1 aromatic carbocycles. The zero-order valence-electron chi connectivity index (χ0n) is 12.1. The number of rotatable bonds is 3. The molecule has 2 N–H and O–H groups in total. The Kier molecular flexibility index (Phi) is 4.46. The minimum atomic E-state index is -0.0220. The second-order valence-corrected chi connectivity index (χ2v) is 5.72. The summed E-state index contributed by atoms with van der Waals surface area (Å²) < 4.78 is 0. The molecule has 1 aliphatic rings. The summed E-state index contributed by atoms with van der Waals surface area (Å²) in [6, 6.07) is 6.75. The third-order valence-electron chi connectivity index (χ3n) is 4.01. The molecule has 1 aliphatic carbocycles. The maximum absolute atomic E-state index is 11.2. The van der Waals surface area contributed by atoms with Crippen LogP contribution in [0.5, 0.6) is 0 Å². The van der Waals surface area contributed by atoms with Crippen molar-refractivity contribution in [3.8, 4) is 0 Å². The Labute approximate surface area is 115 Å². The molecule has 0 saturated heterocycles. The predicted octanol–water partition coefficient (Wildman–Crippen LogP) is 3.94. The summed E-state index contributed by atoms with van der Waals surface area (Å²) in [6.07, 6.45) is 5.21. The van der Waals surface area contributed by atoms with E-state index in [1.54, 1.807) is 6.92 Å². The molecule has 1 aromatic rings. The first-order valence-corrected chi connectivity index (χ1v) is 7.21. The van der Waals surface area contributed by atoms with Gasteiger partial charge in [-0.05, 0) is 43.4 Å². The highest BCUT2D eigenvalue weighted by molar-refractivity contribution is 5.90. The van der Waals surface area contributed by atoms with Gasteiger partial charge in [0, 0.05) is 24.3 Å². The second-order valence-electron chi connectivity index (χ2n) is 5.72. The van der Waals surface area contributed by atoms with Gasteiger partial charge in [-0.3, -0.25) is 4.79 Å². The Hall–Kier alpha value is -1.51. The van der Waals surface area contributed by atoms with E-state index < -0.39 is 0 Å². The fraction of sp³-hybridized carbons (Fsp3) is 0.562. The highest BCUT2D eigenvalue weighted by Gasteiger charge is 2.20. The molecular formula is C16H24N2O. The standard InChI is InChI=1S/C16H24N2O/c1-11-6-4-5-7-15(11)18-14-9-8-12(2)16(10-14)17-13(3)19/h8-11,15,18H,4-7H2,1-3H3,(H,17,19). The van der Waals surface area contributed by atoms with Crippen LogP contribution in [0.15, 0.2) is 18.2 Å². The fourth-order valence-corrected chi connectivity index (χ4v) is 2.78. The molecule has 0 aromatic heterocycles. The van der Waals surface area contributed by atoms with E-state index in [9.17, 15) is 4.79 Å². The summed E-state index contributed by atoms with van der Waals surface area (Å²) in [6.45, 7) is 5.88. The zero-order chi connectivity index (χ0) is 13.8. The number of anilines is 2. The Bertz CT molecular complexity index is 456. The van der Waals surface area contributed by atoms with Crippen LogP contribution in [-0.2, 0) is 4.79 Å². The van der Waals surface area contributed by atoms with Gasteiger partial charge in [0.1, 0.15) is 0 Å². The van der Waals surface area contributed by atoms with E-state index in [1.807, 2.05) is 13.0 Å². The lowest BCUT2D eigenvalue weighted by Gasteiger charge is -2.30. The predicted molar refractivity (Wildman–Crippen MR) is 80.5 cm³/mol. The summed E-state index contributed by atoms with van der Waals surface area (Å²) in [5.74, 6) is 0.700. The van der Waals surface area contributed by atoms with Crippen LogP contribution in [0.4, 0.5) is 11.4 Å². The van der Waals surface area contributed by atoms with Crippen molar-refractivity contribution in [2.24, 2.45) is 5.92 Å². The first kappa shape index (κ1) is 13.9. The molecule has 1 saturated carbocycles. The van der Waals surface area contributed by atoms with Gasteiger partial charge < -0.3 is 10.6 Å². The molecule has 1 fully saturated rings. The van der Waals surface area contributed by atoms with Crippen molar-refractivity contribution < 1.29 is 4.79 Å². The van der Waals surface area contributed by atoms with E-state index in [4.69, 9.17) is 0 Å². The Morgan fingerprint density at radius 2 is 2.00 bits per heavy atom. The Morgan fingerprint density at radius 1 is 1.26 bits per heavy atom. The first-order chi connectivity index (χ1) is 9.06. The molecule has 0 aliphatic heterocycles. The van der Waals surface area contributed by atoms with Crippen molar-refractivity contribution in [3.05, 3.63) is 23.8 Å². The van der Waals surface area contributed by atoms with Crippen LogP contribution in [0, 0.1) is 12.8 Å². The number of benzene rings is 1. The van der Waals surface area contributed by atoms with Crippen LogP contribution in [-0.4, -0.2) is 11.9 Å². The summed E-state index contributed by atoms with van der Waals surface area (Å²) in [7, 11) is 0. The molecule has 2 atom stereocenters. The van der Waals surface area contributed by atoms with Gasteiger partial charge in [-0.25, -0.2) is 0 Å². The molecule has 2 rings (SSSR count). The normalized spacial score (nSPS) is 22.9. The topological polar surface area (TPSA) is 41.1 Å². The van der Waals surface area contributed by atoms with Crippen LogP contribution in [0.25, 0.3) is 0 Å². The Balaban J connectivity index is 2.09. The SMILES string of the molecule is CC(=O)Nc1cc(NC2CCCCC2C)ccc1C. The van der Waals surface area contributed by atoms with E-state index in [0.29, 0.717) is 6.04 Å². The van der Waals surface area contributed by atoms with Gasteiger partial charge in [0.25, 0.3) is 0 Å². The van der Waals surface area contributed by atoms with E-state index >= 15 is 0 Å². The zero-order valence-corrected chi connectivity index (χ0v) is 12.1. The summed E-state index contributed by atoms with van der Waals surface area (Å²) in [5.41, 5.74) is 3.10. The number of nitrogens with one attached hydrogen (secondary N) is 2. The van der Waals surface area contributed by atoms with E-state index in [2.05, 4.69) is 29.7 Å². The molecule has 0 heterocycles. The lowest BCUT2D eigenvalue weighted by Crippen LogP contribution is -2.30. The van der Waals surface area contributed by atoms with Gasteiger partial charge >= 0.3 is 0 Å². The highest BCUT2D eigenvalue weighted by Crippen LogP contribution is 2.28. The number of carbonyl (C=O) groups excluding carboxylic acids is 1. The molecule has 3 heteroatoms. The lowest BCUT2D eigenvalue weighted by atomic mass is 9.86. The minimum absolute atomic E-state index is 0.0220. The molecule has 0 bridgehead atoms. The maximum atomic E-state index is 11.2. The van der Waals surface area contributed by atoms with Crippen molar-refractivity contribution in [3.63, 3.8) is 0 Å². The van der Waals surface area contributed by atoms with Crippen molar-refractivity contribution in [2.75, 3.05) is 10.6 Å². The maximum Gasteiger partial charge on any atom is 0.221 e. The van der Waals surface area contributed by atoms with Crippen LogP contribution in [0.3, 0.4) is 0 Å². The monoisotopic (exact) mass is 260 g/mol. The Morgan fingerprint density at radius 3 is 2.68 bits per heavy atom. The lowest BCUT2D eigenvalue weighted by molar-refractivity contribution is -0.114. The third-order valence-corrected chi connectivity index (χ3v) is 4.01. The number of hydrogen-bond donors (Lipinski definition) is 2. The van der Waals surface area contributed by atoms with Crippen molar-refractivity contribution in [1.29, 1.82) is 0 Å². The molecule has 0 radical (unpaired) electrons. The average molecular weight is 260 g/mol. The van der Waals surface area contributed by atoms with Gasteiger partial charge in [-0.1, -0.05) is 25.8 Å². The van der Waals surface area contributed by atoms with Gasteiger partial charge in [-0.2, -0.15) is 0 Å².